The summed E-state index contributed by atoms with van der Waals surface area (Å²) in [4.78, 5) is 0. The van der Waals surface area contributed by atoms with Gasteiger partial charge in [0, 0.05) is 5.56 Å². The molecule has 2 nitrogen and oxygen atoms in total. The molecular weight excluding hydrogens is 217 g/mol. The van der Waals surface area contributed by atoms with Gasteiger partial charge in [-0.3, -0.25) is 0 Å². The molecule has 4 heteroatoms. The minimum Gasteiger partial charge on any atom is -0.494 e. The Kier molecular flexibility index (Phi) is 4.36. The smallest absolute Gasteiger partial charge is 0.142 e. The molecule has 0 radical (unpaired) electrons. The molecule has 0 aliphatic carbocycles. The van der Waals surface area contributed by atoms with Gasteiger partial charge in [0.2, 0.25) is 0 Å². The Labute approximate surface area is 94.2 Å². The van der Waals surface area contributed by atoms with Gasteiger partial charge < -0.3 is 10.5 Å². The predicted molar refractivity (Wildman–Crippen MR) is 60.0 cm³/mol. The quantitative estimate of drug-likeness (QED) is 0.865. The third kappa shape index (κ3) is 2.61. The van der Waals surface area contributed by atoms with Crippen LogP contribution in [0.25, 0.3) is 0 Å². The van der Waals surface area contributed by atoms with E-state index in [1.807, 2.05) is 13.8 Å². The maximum Gasteiger partial charge on any atom is 0.142 e. The molecule has 1 atom stereocenters. The van der Waals surface area contributed by atoms with Gasteiger partial charge >= 0.3 is 0 Å². The Hall–Kier alpha value is -0.800. The number of rotatable bonds is 4. The van der Waals surface area contributed by atoms with E-state index in [2.05, 4.69) is 0 Å². The van der Waals surface area contributed by atoms with Gasteiger partial charge in [0.1, 0.15) is 11.6 Å². The van der Waals surface area contributed by atoms with Crippen molar-refractivity contribution < 1.29 is 9.13 Å². The molecule has 84 valence electrons. The van der Waals surface area contributed by atoms with E-state index in [1.54, 1.807) is 6.07 Å². The fourth-order valence-corrected chi connectivity index (χ4v) is 1.75. The van der Waals surface area contributed by atoms with E-state index in [0.29, 0.717) is 24.5 Å². The zero-order valence-electron chi connectivity index (χ0n) is 8.89. The highest BCUT2D eigenvalue weighted by Crippen LogP contribution is 2.34. The average Bonchev–Trinajstić information content (AvgIpc) is 2.23. The van der Waals surface area contributed by atoms with Crippen molar-refractivity contribution >= 4 is 11.6 Å². The Morgan fingerprint density at radius 1 is 1.53 bits per heavy atom. The van der Waals surface area contributed by atoms with Crippen molar-refractivity contribution in [1.82, 2.24) is 0 Å². The minimum atomic E-state index is -0.435. The zero-order valence-corrected chi connectivity index (χ0v) is 9.64. The molecule has 1 unspecified atom stereocenters. The average molecular weight is 232 g/mol. The van der Waals surface area contributed by atoms with Crippen LogP contribution in [-0.2, 0) is 0 Å². The van der Waals surface area contributed by atoms with Crippen molar-refractivity contribution in [2.75, 3.05) is 13.2 Å². The number of nitrogens with two attached hydrogens (primary N) is 1. The van der Waals surface area contributed by atoms with E-state index in [1.165, 1.54) is 6.07 Å². The first-order chi connectivity index (χ1) is 7.11. The number of hydrogen-bond acceptors (Lipinski definition) is 2. The van der Waals surface area contributed by atoms with E-state index in [9.17, 15) is 4.39 Å². The van der Waals surface area contributed by atoms with Crippen molar-refractivity contribution in [2.45, 2.75) is 19.8 Å². The Bertz CT molecular complexity index is 344. The van der Waals surface area contributed by atoms with Crippen LogP contribution in [0.4, 0.5) is 4.39 Å². The van der Waals surface area contributed by atoms with Crippen LogP contribution in [0.3, 0.4) is 0 Å². The van der Waals surface area contributed by atoms with Crippen molar-refractivity contribution in [1.29, 1.82) is 0 Å². The molecule has 0 spiro atoms. The molecule has 15 heavy (non-hydrogen) atoms. The van der Waals surface area contributed by atoms with Crippen LogP contribution in [-0.4, -0.2) is 13.2 Å². The first kappa shape index (κ1) is 12.3. The van der Waals surface area contributed by atoms with E-state index in [-0.39, 0.29) is 10.9 Å². The van der Waals surface area contributed by atoms with Crippen LogP contribution < -0.4 is 10.5 Å². The number of benzene rings is 1. The van der Waals surface area contributed by atoms with Crippen LogP contribution in [0.5, 0.6) is 5.75 Å². The number of halogens is 2. The van der Waals surface area contributed by atoms with Gasteiger partial charge in [0.25, 0.3) is 0 Å². The van der Waals surface area contributed by atoms with Gasteiger partial charge in [0.05, 0.1) is 11.6 Å². The summed E-state index contributed by atoms with van der Waals surface area (Å²) in [7, 11) is 0. The summed E-state index contributed by atoms with van der Waals surface area (Å²) in [5.41, 5.74) is 6.21. The predicted octanol–water partition coefficient (Wildman–Crippen LogP) is 2.94. The molecule has 1 aromatic carbocycles. The molecule has 0 amide bonds. The van der Waals surface area contributed by atoms with E-state index >= 15 is 0 Å². The summed E-state index contributed by atoms with van der Waals surface area (Å²) in [6, 6.07) is 2.90. The summed E-state index contributed by atoms with van der Waals surface area (Å²) in [5.74, 6) is 0.159. The van der Waals surface area contributed by atoms with Crippen molar-refractivity contribution in [2.24, 2.45) is 5.73 Å². The fraction of sp³-hybridized carbons (Fsp3) is 0.455. The van der Waals surface area contributed by atoms with Gasteiger partial charge in [-0.1, -0.05) is 18.5 Å². The minimum absolute atomic E-state index is 0.0188. The maximum atomic E-state index is 13.3. The summed E-state index contributed by atoms with van der Waals surface area (Å²) >= 11 is 5.90. The lowest BCUT2D eigenvalue weighted by atomic mass is 10.00. The Morgan fingerprint density at radius 2 is 2.20 bits per heavy atom. The summed E-state index contributed by atoms with van der Waals surface area (Å²) in [6.07, 6.45) is 0. The van der Waals surface area contributed by atoms with Crippen molar-refractivity contribution in [3.05, 3.63) is 28.5 Å². The maximum absolute atomic E-state index is 13.3. The van der Waals surface area contributed by atoms with E-state index in [4.69, 9.17) is 22.1 Å². The number of ether oxygens (including phenoxy) is 1. The molecule has 0 bridgehead atoms. The molecule has 0 aromatic heterocycles. The first-order valence-electron chi connectivity index (χ1n) is 4.92. The lowest BCUT2D eigenvalue weighted by Crippen LogP contribution is -2.11. The van der Waals surface area contributed by atoms with Gasteiger partial charge in [0.15, 0.2) is 0 Å². The second kappa shape index (κ2) is 5.33. The van der Waals surface area contributed by atoms with Crippen LogP contribution in [0.1, 0.15) is 25.3 Å². The summed E-state index contributed by atoms with van der Waals surface area (Å²) in [6.45, 7) is 4.69. The molecule has 0 aliphatic rings. The van der Waals surface area contributed by atoms with Crippen LogP contribution in [0, 0.1) is 5.82 Å². The highest BCUT2D eigenvalue weighted by Gasteiger charge is 2.17. The molecule has 0 aliphatic heterocycles. The van der Waals surface area contributed by atoms with E-state index < -0.39 is 5.82 Å². The fourth-order valence-electron chi connectivity index (χ4n) is 1.41. The first-order valence-corrected chi connectivity index (χ1v) is 5.30. The lowest BCUT2D eigenvalue weighted by molar-refractivity contribution is 0.334. The monoisotopic (exact) mass is 231 g/mol. The topological polar surface area (TPSA) is 35.2 Å². The van der Waals surface area contributed by atoms with Crippen molar-refractivity contribution in [3.8, 4) is 5.75 Å². The van der Waals surface area contributed by atoms with Crippen LogP contribution in [0.2, 0.25) is 5.02 Å². The third-order valence-electron chi connectivity index (χ3n) is 2.24. The lowest BCUT2D eigenvalue weighted by Gasteiger charge is -2.16. The van der Waals surface area contributed by atoms with Gasteiger partial charge in [-0.15, -0.1) is 0 Å². The van der Waals surface area contributed by atoms with Crippen molar-refractivity contribution in [3.63, 3.8) is 0 Å². The van der Waals surface area contributed by atoms with E-state index in [0.717, 1.165) is 0 Å². The molecule has 1 rings (SSSR count). The molecule has 0 heterocycles. The highest BCUT2D eigenvalue weighted by molar-refractivity contribution is 6.31. The van der Waals surface area contributed by atoms with Crippen LogP contribution in [0.15, 0.2) is 12.1 Å². The zero-order chi connectivity index (χ0) is 11.4. The summed E-state index contributed by atoms with van der Waals surface area (Å²) in [5, 5.41) is 0.110. The molecule has 2 N–H and O–H groups in total. The van der Waals surface area contributed by atoms with Gasteiger partial charge in [-0.25, -0.2) is 4.39 Å². The molecular formula is C11H15ClFNO. The standard InChI is InChI=1S/C11H15ClFNO/c1-3-15-9-5-4-8(13)11(12)10(9)7(2)6-14/h4-5,7H,3,6,14H2,1-2H3. The summed E-state index contributed by atoms with van der Waals surface area (Å²) < 4.78 is 18.7. The molecule has 1 aromatic rings. The largest absolute Gasteiger partial charge is 0.494 e. The normalized spacial score (nSPS) is 12.6. The molecule has 0 saturated carbocycles. The molecule has 0 saturated heterocycles. The highest BCUT2D eigenvalue weighted by atomic mass is 35.5. The number of hydrogen-bond donors (Lipinski definition) is 1. The molecule has 0 fully saturated rings. The Morgan fingerprint density at radius 3 is 2.73 bits per heavy atom. The second-order valence-corrected chi connectivity index (χ2v) is 3.72. The second-order valence-electron chi connectivity index (χ2n) is 3.34. The van der Waals surface area contributed by atoms with Gasteiger partial charge in [-0.05, 0) is 31.5 Å². The SMILES string of the molecule is CCOc1ccc(F)c(Cl)c1C(C)CN. The van der Waals surface area contributed by atoms with Crippen LogP contribution >= 0.6 is 11.6 Å². The Balaban J connectivity index is 3.21. The third-order valence-corrected chi connectivity index (χ3v) is 2.62. The van der Waals surface area contributed by atoms with Gasteiger partial charge in [-0.2, -0.15) is 0 Å².